The van der Waals surface area contributed by atoms with Gasteiger partial charge in [-0.1, -0.05) is 0 Å². The summed E-state index contributed by atoms with van der Waals surface area (Å²) in [7, 11) is 0. The largest absolute Gasteiger partial charge is 0.480 e. The minimum atomic E-state index is -0.839. The van der Waals surface area contributed by atoms with Crippen molar-refractivity contribution in [3.8, 4) is 0 Å². The summed E-state index contributed by atoms with van der Waals surface area (Å²) in [5.74, 6) is -0.839. The van der Waals surface area contributed by atoms with E-state index in [-0.39, 0.29) is 12.6 Å². The molecule has 0 unspecified atom stereocenters. The molecule has 1 aromatic rings. The molecule has 0 aliphatic carbocycles. The lowest BCUT2D eigenvalue weighted by Crippen LogP contribution is -2.51. The number of anilines is 1. The molecule has 0 aromatic carbocycles. The Labute approximate surface area is 117 Å². The van der Waals surface area contributed by atoms with Gasteiger partial charge in [-0.05, 0) is 18.6 Å². The van der Waals surface area contributed by atoms with E-state index in [1.54, 1.807) is 17.3 Å². The molecule has 1 fully saturated rings. The molecule has 0 saturated carbocycles. The number of nitrogens with zero attached hydrogens (tertiary/aromatic N) is 3. The van der Waals surface area contributed by atoms with E-state index in [0.717, 1.165) is 5.56 Å². The van der Waals surface area contributed by atoms with Crippen molar-refractivity contribution in [2.75, 3.05) is 38.0 Å². The number of urea groups is 1. The Morgan fingerprint density at radius 1 is 1.35 bits per heavy atom. The molecule has 1 saturated heterocycles. The third kappa shape index (κ3) is 3.67. The summed E-state index contributed by atoms with van der Waals surface area (Å²) in [5.41, 5.74) is 1.66. The molecule has 2 amide bonds. The fourth-order valence-corrected chi connectivity index (χ4v) is 2.09. The second kappa shape index (κ2) is 6.33. The molecule has 7 nitrogen and oxygen atoms in total. The number of hydrogen-bond donors (Lipinski definition) is 2. The van der Waals surface area contributed by atoms with Crippen LogP contribution in [0.25, 0.3) is 0 Å². The average molecular weight is 278 g/mol. The van der Waals surface area contributed by atoms with E-state index in [1.165, 1.54) is 0 Å². The maximum atomic E-state index is 12.1. The topological polar surface area (TPSA) is 85.8 Å². The minimum Gasteiger partial charge on any atom is -0.480 e. The fourth-order valence-electron chi connectivity index (χ4n) is 2.09. The van der Waals surface area contributed by atoms with Gasteiger partial charge in [0.2, 0.25) is 0 Å². The van der Waals surface area contributed by atoms with Gasteiger partial charge in [-0.25, -0.2) is 4.79 Å². The lowest BCUT2D eigenvalue weighted by molar-refractivity contribution is -0.138. The Morgan fingerprint density at radius 2 is 2.05 bits per heavy atom. The van der Waals surface area contributed by atoms with Crippen LogP contribution in [0, 0.1) is 6.92 Å². The van der Waals surface area contributed by atoms with Crippen LogP contribution in [0.4, 0.5) is 10.5 Å². The van der Waals surface area contributed by atoms with Crippen LogP contribution in [0.1, 0.15) is 5.56 Å². The molecule has 0 radical (unpaired) electrons. The molecule has 1 aromatic heterocycles. The second-order valence-corrected chi connectivity index (χ2v) is 4.78. The highest BCUT2D eigenvalue weighted by atomic mass is 16.4. The number of aliphatic carboxylic acids is 1. The van der Waals surface area contributed by atoms with Crippen LogP contribution < -0.4 is 5.32 Å². The first-order valence-corrected chi connectivity index (χ1v) is 6.47. The number of piperazine rings is 1. The van der Waals surface area contributed by atoms with Gasteiger partial charge >= 0.3 is 12.0 Å². The van der Waals surface area contributed by atoms with Crippen LogP contribution in [-0.4, -0.2) is 64.6 Å². The predicted molar refractivity (Wildman–Crippen MR) is 73.6 cm³/mol. The predicted octanol–water partition coefficient (Wildman–Crippen LogP) is 0.624. The number of aryl methyl sites for hydroxylation is 1. The number of aromatic nitrogens is 1. The van der Waals surface area contributed by atoms with Crippen molar-refractivity contribution < 1.29 is 14.7 Å². The number of amides is 2. The SMILES string of the molecule is Cc1ccncc1NC(=O)N1CCN(CC(=O)O)CC1. The van der Waals surface area contributed by atoms with Gasteiger partial charge < -0.3 is 15.3 Å². The summed E-state index contributed by atoms with van der Waals surface area (Å²) in [6.45, 7) is 4.13. The van der Waals surface area contributed by atoms with Crippen molar-refractivity contribution in [3.05, 3.63) is 24.0 Å². The summed E-state index contributed by atoms with van der Waals surface area (Å²) in [5, 5.41) is 11.5. The van der Waals surface area contributed by atoms with Gasteiger partial charge in [0.1, 0.15) is 0 Å². The van der Waals surface area contributed by atoms with E-state index in [2.05, 4.69) is 10.3 Å². The van der Waals surface area contributed by atoms with Crippen molar-refractivity contribution in [1.82, 2.24) is 14.8 Å². The van der Waals surface area contributed by atoms with Gasteiger partial charge in [0.05, 0.1) is 18.4 Å². The van der Waals surface area contributed by atoms with E-state index in [9.17, 15) is 9.59 Å². The van der Waals surface area contributed by atoms with Crippen LogP contribution in [0.5, 0.6) is 0 Å². The monoisotopic (exact) mass is 278 g/mol. The highest BCUT2D eigenvalue weighted by Gasteiger charge is 2.22. The quantitative estimate of drug-likeness (QED) is 0.846. The minimum absolute atomic E-state index is 0.0250. The molecule has 2 heterocycles. The first kappa shape index (κ1) is 14.3. The van der Waals surface area contributed by atoms with Gasteiger partial charge in [0.15, 0.2) is 0 Å². The van der Waals surface area contributed by atoms with E-state index in [4.69, 9.17) is 5.11 Å². The molecule has 7 heteroatoms. The van der Waals surface area contributed by atoms with Crippen molar-refractivity contribution in [1.29, 1.82) is 0 Å². The molecule has 2 rings (SSSR count). The Morgan fingerprint density at radius 3 is 2.65 bits per heavy atom. The second-order valence-electron chi connectivity index (χ2n) is 4.78. The lowest BCUT2D eigenvalue weighted by atomic mass is 10.2. The summed E-state index contributed by atoms with van der Waals surface area (Å²) in [6, 6.07) is 1.66. The zero-order valence-electron chi connectivity index (χ0n) is 11.4. The number of carbonyl (C=O) groups excluding carboxylic acids is 1. The Hall–Kier alpha value is -2.15. The molecule has 0 atom stereocenters. The van der Waals surface area contributed by atoms with E-state index in [1.807, 2.05) is 17.9 Å². The molecule has 0 spiro atoms. The molecule has 2 N–H and O–H groups in total. The highest BCUT2D eigenvalue weighted by molar-refractivity contribution is 5.90. The van der Waals surface area contributed by atoms with Gasteiger partial charge in [-0.2, -0.15) is 0 Å². The van der Waals surface area contributed by atoms with Crippen molar-refractivity contribution in [3.63, 3.8) is 0 Å². The van der Waals surface area contributed by atoms with Gasteiger partial charge in [0.25, 0.3) is 0 Å². The highest BCUT2D eigenvalue weighted by Crippen LogP contribution is 2.13. The third-order valence-electron chi connectivity index (χ3n) is 3.30. The smallest absolute Gasteiger partial charge is 0.321 e. The lowest BCUT2D eigenvalue weighted by Gasteiger charge is -2.33. The first-order valence-electron chi connectivity index (χ1n) is 6.47. The van der Waals surface area contributed by atoms with Crippen LogP contribution in [0.2, 0.25) is 0 Å². The number of rotatable bonds is 3. The number of carbonyl (C=O) groups is 2. The maximum absolute atomic E-state index is 12.1. The van der Waals surface area contributed by atoms with Crippen LogP contribution >= 0.6 is 0 Å². The molecule has 1 aliphatic heterocycles. The molecular weight excluding hydrogens is 260 g/mol. The number of hydrogen-bond acceptors (Lipinski definition) is 4. The molecule has 108 valence electrons. The average Bonchev–Trinajstić information content (AvgIpc) is 2.41. The zero-order chi connectivity index (χ0) is 14.5. The summed E-state index contributed by atoms with van der Waals surface area (Å²) < 4.78 is 0. The number of nitrogens with one attached hydrogen (secondary N) is 1. The van der Waals surface area contributed by atoms with Gasteiger partial charge in [0, 0.05) is 32.4 Å². The molecular formula is C13H18N4O3. The summed E-state index contributed by atoms with van der Waals surface area (Å²) in [6.07, 6.45) is 3.30. The van der Waals surface area contributed by atoms with Crippen molar-refractivity contribution in [2.24, 2.45) is 0 Å². The van der Waals surface area contributed by atoms with E-state index in [0.29, 0.717) is 31.9 Å². The van der Waals surface area contributed by atoms with E-state index >= 15 is 0 Å². The van der Waals surface area contributed by atoms with Gasteiger partial charge in [-0.15, -0.1) is 0 Å². The molecule has 20 heavy (non-hydrogen) atoms. The summed E-state index contributed by atoms with van der Waals surface area (Å²) >= 11 is 0. The number of carboxylic acids is 1. The van der Waals surface area contributed by atoms with Crippen LogP contribution in [-0.2, 0) is 4.79 Å². The zero-order valence-corrected chi connectivity index (χ0v) is 11.4. The van der Waals surface area contributed by atoms with Crippen LogP contribution in [0.15, 0.2) is 18.5 Å². The Bertz CT molecular complexity index is 498. The van der Waals surface area contributed by atoms with Gasteiger partial charge in [-0.3, -0.25) is 14.7 Å². The van der Waals surface area contributed by atoms with E-state index < -0.39 is 5.97 Å². The normalized spacial score (nSPS) is 15.9. The third-order valence-corrected chi connectivity index (χ3v) is 3.30. The standard InChI is InChI=1S/C13H18N4O3/c1-10-2-3-14-8-11(10)15-13(20)17-6-4-16(5-7-17)9-12(18)19/h2-3,8H,4-7,9H2,1H3,(H,15,20)(H,18,19). The van der Waals surface area contributed by atoms with Crippen molar-refractivity contribution >= 4 is 17.7 Å². The molecule has 0 bridgehead atoms. The number of carboxylic acid groups (broad SMARTS) is 1. The molecule has 1 aliphatic rings. The van der Waals surface area contributed by atoms with Crippen molar-refractivity contribution in [2.45, 2.75) is 6.92 Å². The van der Waals surface area contributed by atoms with Crippen LogP contribution in [0.3, 0.4) is 0 Å². The first-order chi connectivity index (χ1) is 9.56. The summed E-state index contributed by atoms with van der Waals surface area (Å²) in [4.78, 5) is 30.2. The Balaban J connectivity index is 1.86. The Kier molecular flexibility index (Phi) is 4.52. The maximum Gasteiger partial charge on any atom is 0.321 e. The fraction of sp³-hybridized carbons (Fsp3) is 0.462. The number of pyridine rings is 1.